The van der Waals surface area contributed by atoms with Gasteiger partial charge in [-0.15, -0.1) is 0 Å². The second-order valence-electron chi connectivity index (χ2n) is 6.65. The van der Waals surface area contributed by atoms with Crippen LogP contribution in [0.2, 0.25) is 0 Å². The molecule has 2 N–H and O–H groups in total. The molecule has 128 valence electrons. The molecule has 1 amide bonds. The average Bonchev–Trinajstić information content (AvgIpc) is 2.85. The molecule has 0 bridgehead atoms. The van der Waals surface area contributed by atoms with E-state index in [1.807, 2.05) is 24.0 Å². The molecule has 1 saturated heterocycles. The van der Waals surface area contributed by atoms with Crippen molar-refractivity contribution in [1.82, 2.24) is 4.90 Å². The molecule has 0 aliphatic carbocycles. The van der Waals surface area contributed by atoms with Crippen LogP contribution in [0.5, 0.6) is 0 Å². The number of hydrogen-bond donors (Lipinski definition) is 1. The van der Waals surface area contributed by atoms with Crippen molar-refractivity contribution in [1.29, 1.82) is 0 Å². The highest BCUT2D eigenvalue weighted by Crippen LogP contribution is 2.33. The van der Waals surface area contributed by atoms with E-state index in [-0.39, 0.29) is 24.1 Å². The first-order chi connectivity index (χ1) is 10.7. The van der Waals surface area contributed by atoms with Crippen molar-refractivity contribution in [2.45, 2.75) is 44.7 Å². The summed E-state index contributed by atoms with van der Waals surface area (Å²) in [5.41, 5.74) is 8.44. The van der Waals surface area contributed by atoms with E-state index < -0.39 is 15.9 Å². The van der Waals surface area contributed by atoms with Crippen LogP contribution in [0.4, 0.5) is 0 Å². The minimum atomic E-state index is -3.10. The molecule has 1 aliphatic heterocycles. The third-order valence-corrected chi connectivity index (χ3v) is 5.58. The molecule has 1 aliphatic rings. The Kier molecular flexibility index (Phi) is 5.47. The lowest BCUT2D eigenvalue weighted by atomic mass is 9.93. The zero-order chi connectivity index (χ0) is 17.2. The minimum Gasteiger partial charge on any atom is -0.338 e. The predicted octanol–water partition coefficient (Wildman–Crippen LogP) is 1.46. The molecule has 23 heavy (non-hydrogen) atoms. The number of hydrogen-bond acceptors (Lipinski definition) is 4. The maximum absolute atomic E-state index is 12.5. The fourth-order valence-electron chi connectivity index (χ4n) is 3.29. The molecule has 0 spiro atoms. The van der Waals surface area contributed by atoms with E-state index in [9.17, 15) is 13.2 Å². The monoisotopic (exact) mass is 338 g/mol. The molecule has 1 heterocycles. The van der Waals surface area contributed by atoms with E-state index in [0.29, 0.717) is 12.5 Å². The molecule has 1 fully saturated rings. The molecular formula is C17H26N2O3S. The van der Waals surface area contributed by atoms with Crippen LogP contribution in [0.1, 0.15) is 36.8 Å². The van der Waals surface area contributed by atoms with Crippen molar-refractivity contribution < 1.29 is 13.2 Å². The summed E-state index contributed by atoms with van der Waals surface area (Å²) in [6.45, 7) is 4.76. The maximum Gasteiger partial charge on any atom is 0.239 e. The average molecular weight is 338 g/mol. The van der Waals surface area contributed by atoms with Gasteiger partial charge in [0.25, 0.3) is 0 Å². The fraction of sp³-hybridized carbons (Fsp3) is 0.588. The first kappa shape index (κ1) is 17.9. The Morgan fingerprint density at radius 2 is 2.04 bits per heavy atom. The highest BCUT2D eigenvalue weighted by atomic mass is 32.2. The molecule has 0 aromatic heterocycles. The molecule has 1 aromatic carbocycles. The Balaban J connectivity index is 2.03. The van der Waals surface area contributed by atoms with Crippen LogP contribution in [0.15, 0.2) is 24.3 Å². The number of likely N-dealkylation sites (tertiary alicyclic amines) is 1. The normalized spacial score (nSPS) is 23.0. The Hall–Kier alpha value is -1.40. The third-order valence-electron chi connectivity index (χ3n) is 4.60. The van der Waals surface area contributed by atoms with Gasteiger partial charge in [-0.1, -0.05) is 24.3 Å². The van der Waals surface area contributed by atoms with Gasteiger partial charge in [0, 0.05) is 24.8 Å². The molecule has 0 saturated carbocycles. The lowest BCUT2D eigenvalue weighted by Gasteiger charge is -2.25. The van der Waals surface area contributed by atoms with Crippen LogP contribution >= 0.6 is 0 Å². The van der Waals surface area contributed by atoms with Crippen molar-refractivity contribution in [2.24, 2.45) is 5.73 Å². The van der Waals surface area contributed by atoms with E-state index in [2.05, 4.69) is 19.1 Å². The molecule has 3 unspecified atom stereocenters. The van der Waals surface area contributed by atoms with Gasteiger partial charge in [-0.05, 0) is 37.8 Å². The molecular weight excluding hydrogens is 312 g/mol. The van der Waals surface area contributed by atoms with Crippen LogP contribution in [0.25, 0.3) is 0 Å². The van der Waals surface area contributed by atoms with Crippen LogP contribution in [-0.2, 0) is 14.6 Å². The predicted molar refractivity (Wildman–Crippen MR) is 92.0 cm³/mol. The Bertz CT molecular complexity index is 672. The maximum atomic E-state index is 12.5. The highest BCUT2D eigenvalue weighted by Gasteiger charge is 2.35. The number of aryl methyl sites for hydroxylation is 1. The number of nitrogens with two attached hydrogens (primary N) is 1. The van der Waals surface area contributed by atoms with Gasteiger partial charge in [0.15, 0.2) is 0 Å². The van der Waals surface area contributed by atoms with Crippen LogP contribution in [-0.4, -0.2) is 49.9 Å². The number of sulfone groups is 1. The van der Waals surface area contributed by atoms with E-state index >= 15 is 0 Å². The molecule has 6 heteroatoms. The molecule has 1 aromatic rings. The van der Waals surface area contributed by atoms with Gasteiger partial charge in [0.1, 0.15) is 9.84 Å². The molecule has 3 atom stereocenters. The van der Waals surface area contributed by atoms with Gasteiger partial charge in [0.05, 0.1) is 11.8 Å². The lowest BCUT2D eigenvalue weighted by Crippen LogP contribution is -2.46. The van der Waals surface area contributed by atoms with E-state index in [1.165, 1.54) is 11.1 Å². The van der Waals surface area contributed by atoms with Gasteiger partial charge >= 0.3 is 0 Å². The summed E-state index contributed by atoms with van der Waals surface area (Å²) in [6.07, 6.45) is 2.25. The van der Waals surface area contributed by atoms with E-state index in [1.54, 1.807) is 0 Å². The van der Waals surface area contributed by atoms with Crippen molar-refractivity contribution in [3.63, 3.8) is 0 Å². The summed E-state index contributed by atoms with van der Waals surface area (Å²) in [5.74, 6) is 0.123. The minimum absolute atomic E-state index is 0.0522. The van der Waals surface area contributed by atoms with Crippen molar-refractivity contribution >= 4 is 15.7 Å². The summed E-state index contributed by atoms with van der Waals surface area (Å²) < 4.78 is 22.5. The van der Waals surface area contributed by atoms with E-state index in [4.69, 9.17) is 5.73 Å². The first-order valence-corrected chi connectivity index (χ1v) is 10.0. The smallest absolute Gasteiger partial charge is 0.239 e. The summed E-state index contributed by atoms with van der Waals surface area (Å²) in [4.78, 5) is 14.4. The number of carbonyl (C=O) groups is 1. The van der Waals surface area contributed by atoms with Crippen LogP contribution in [0, 0.1) is 6.92 Å². The number of carbonyl (C=O) groups excluding carboxylic acids is 1. The Morgan fingerprint density at radius 3 is 2.65 bits per heavy atom. The zero-order valence-electron chi connectivity index (χ0n) is 14.0. The van der Waals surface area contributed by atoms with Gasteiger partial charge in [-0.25, -0.2) is 8.42 Å². The fourth-order valence-corrected chi connectivity index (χ4v) is 3.97. The van der Waals surface area contributed by atoms with Gasteiger partial charge in [-0.3, -0.25) is 4.79 Å². The summed E-state index contributed by atoms with van der Waals surface area (Å²) >= 11 is 0. The molecule has 0 radical (unpaired) electrons. The second kappa shape index (κ2) is 7.01. The van der Waals surface area contributed by atoms with E-state index in [0.717, 1.165) is 12.7 Å². The quantitative estimate of drug-likeness (QED) is 0.881. The SMILES string of the molecule is Cc1ccccc1C1CC(C)N(C(=O)C(N)CCS(C)(=O)=O)C1. The Morgan fingerprint density at radius 1 is 1.39 bits per heavy atom. The second-order valence-corrected chi connectivity index (χ2v) is 8.91. The van der Waals surface area contributed by atoms with Crippen LogP contribution in [0.3, 0.4) is 0 Å². The number of benzene rings is 1. The molecule has 5 nitrogen and oxygen atoms in total. The first-order valence-electron chi connectivity index (χ1n) is 7.98. The van der Waals surface area contributed by atoms with Crippen molar-refractivity contribution in [2.75, 3.05) is 18.6 Å². The van der Waals surface area contributed by atoms with Crippen LogP contribution < -0.4 is 5.73 Å². The van der Waals surface area contributed by atoms with Gasteiger partial charge in [-0.2, -0.15) is 0 Å². The largest absolute Gasteiger partial charge is 0.338 e. The highest BCUT2D eigenvalue weighted by molar-refractivity contribution is 7.90. The number of amides is 1. The number of nitrogens with zero attached hydrogens (tertiary/aromatic N) is 1. The van der Waals surface area contributed by atoms with Gasteiger partial charge in [0.2, 0.25) is 5.91 Å². The van der Waals surface area contributed by atoms with Crippen molar-refractivity contribution in [3.8, 4) is 0 Å². The Labute approximate surface area is 138 Å². The zero-order valence-corrected chi connectivity index (χ0v) is 14.8. The standard InChI is InChI=1S/C17H26N2O3S/c1-12-6-4-5-7-15(12)14-10-13(2)19(11-14)17(20)16(18)8-9-23(3,21)22/h4-7,13-14,16H,8-11,18H2,1-3H3. The van der Waals surface area contributed by atoms with Crippen molar-refractivity contribution in [3.05, 3.63) is 35.4 Å². The topological polar surface area (TPSA) is 80.5 Å². The van der Waals surface area contributed by atoms with Gasteiger partial charge < -0.3 is 10.6 Å². The summed E-state index contributed by atoms with van der Waals surface area (Å²) in [5, 5.41) is 0. The summed E-state index contributed by atoms with van der Waals surface area (Å²) in [6, 6.07) is 7.61. The third kappa shape index (κ3) is 4.54. The lowest BCUT2D eigenvalue weighted by molar-refractivity contribution is -0.133. The summed E-state index contributed by atoms with van der Waals surface area (Å²) in [7, 11) is -3.10. The number of rotatable bonds is 5. The molecule has 2 rings (SSSR count).